The minimum Gasteiger partial charge on any atom is -0.336 e. The highest BCUT2D eigenvalue weighted by Gasteiger charge is 2.30. The van der Waals surface area contributed by atoms with Crippen LogP contribution < -0.4 is 0 Å². The summed E-state index contributed by atoms with van der Waals surface area (Å²) >= 11 is 0. The van der Waals surface area contributed by atoms with E-state index >= 15 is 0 Å². The molecule has 0 bridgehead atoms. The summed E-state index contributed by atoms with van der Waals surface area (Å²) in [5, 5.41) is 8.32. The van der Waals surface area contributed by atoms with E-state index in [9.17, 15) is 4.79 Å². The fraction of sp³-hybridized carbons (Fsp3) is 0.471. The van der Waals surface area contributed by atoms with E-state index in [2.05, 4.69) is 24.0 Å². The second-order valence-electron chi connectivity index (χ2n) is 5.99. The van der Waals surface area contributed by atoms with Crippen molar-refractivity contribution in [3.8, 4) is 5.69 Å². The predicted molar refractivity (Wildman–Crippen MR) is 84.9 cm³/mol. The molecule has 3 rings (SSSR count). The predicted octanol–water partition coefficient (Wildman–Crippen LogP) is 2.92. The van der Waals surface area contributed by atoms with Crippen LogP contribution in [0.25, 0.3) is 5.69 Å². The van der Waals surface area contributed by atoms with Crippen LogP contribution in [0.15, 0.2) is 36.7 Å². The lowest BCUT2D eigenvalue weighted by Gasteiger charge is -2.38. The Morgan fingerprint density at radius 2 is 1.95 bits per heavy atom. The van der Waals surface area contributed by atoms with Crippen LogP contribution in [0.5, 0.6) is 0 Å². The van der Waals surface area contributed by atoms with Gasteiger partial charge in [0.2, 0.25) is 0 Å². The van der Waals surface area contributed by atoms with Crippen LogP contribution in [0.3, 0.4) is 0 Å². The van der Waals surface area contributed by atoms with Crippen LogP contribution in [0, 0.1) is 5.92 Å². The van der Waals surface area contributed by atoms with Crippen molar-refractivity contribution in [2.75, 3.05) is 6.54 Å². The van der Waals surface area contributed by atoms with E-state index in [0.29, 0.717) is 11.5 Å². The van der Waals surface area contributed by atoms with Gasteiger partial charge in [-0.25, -0.2) is 0 Å². The largest absolute Gasteiger partial charge is 0.336 e. The third-order valence-corrected chi connectivity index (χ3v) is 4.59. The van der Waals surface area contributed by atoms with Crippen LogP contribution >= 0.6 is 0 Å². The molecule has 1 aliphatic rings. The number of aromatic nitrogens is 3. The van der Waals surface area contributed by atoms with E-state index in [1.165, 1.54) is 11.2 Å². The Morgan fingerprint density at radius 1 is 1.23 bits per heavy atom. The maximum absolute atomic E-state index is 13.0. The van der Waals surface area contributed by atoms with Crippen molar-refractivity contribution in [3.63, 3.8) is 0 Å². The topological polar surface area (TPSA) is 51.0 Å². The van der Waals surface area contributed by atoms with Gasteiger partial charge in [-0.15, -0.1) is 0 Å². The molecule has 1 amide bonds. The number of carbonyl (C=O) groups excluding carboxylic acids is 1. The standard InChI is InChI=1S/C17H22N4O/c1-3-14-9-8-13(2)20(12-14)17(22)15-6-4-5-7-16(15)21-18-10-11-19-21/h4-7,10-11,13-14H,3,8-9,12H2,1-2H3/t13-,14-/m1/s1. The molecule has 1 aromatic carbocycles. The fourth-order valence-corrected chi connectivity index (χ4v) is 3.12. The van der Waals surface area contributed by atoms with E-state index in [1.54, 1.807) is 12.4 Å². The Morgan fingerprint density at radius 3 is 2.68 bits per heavy atom. The van der Waals surface area contributed by atoms with Gasteiger partial charge in [-0.3, -0.25) is 4.79 Å². The van der Waals surface area contributed by atoms with Gasteiger partial charge >= 0.3 is 0 Å². The van der Waals surface area contributed by atoms with Crippen LogP contribution in [-0.4, -0.2) is 38.4 Å². The van der Waals surface area contributed by atoms with Gasteiger partial charge in [-0.2, -0.15) is 15.0 Å². The van der Waals surface area contributed by atoms with E-state index < -0.39 is 0 Å². The molecule has 1 aromatic heterocycles. The number of piperidine rings is 1. The second kappa shape index (κ2) is 6.30. The molecule has 0 unspecified atom stereocenters. The summed E-state index contributed by atoms with van der Waals surface area (Å²) in [5.74, 6) is 0.689. The number of carbonyl (C=O) groups is 1. The number of amides is 1. The summed E-state index contributed by atoms with van der Waals surface area (Å²) in [4.78, 5) is 16.6. The number of para-hydroxylation sites is 1. The summed E-state index contributed by atoms with van der Waals surface area (Å²) in [6.07, 6.45) is 6.66. The van der Waals surface area contributed by atoms with Gasteiger partial charge in [-0.1, -0.05) is 25.5 Å². The summed E-state index contributed by atoms with van der Waals surface area (Å²) in [5.41, 5.74) is 1.41. The van der Waals surface area contributed by atoms with Crippen molar-refractivity contribution in [3.05, 3.63) is 42.2 Å². The molecule has 1 saturated heterocycles. The highest BCUT2D eigenvalue weighted by Crippen LogP contribution is 2.26. The zero-order valence-electron chi connectivity index (χ0n) is 13.1. The second-order valence-corrected chi connectivity index (χ2v) is 5.99. The molecule has 5 heteroatoms. The molecule has 0 N–H and O–H groups in total. The molecule has 22 heavy (non-hydrogen) atoms. The van der Waals surface area contributed by atoms with Crippen molar-refractivity contribution in [2.45, 2.75) is 39.2 Å². The number of nitrogens with zero attached hydrogens (tertiary/aromatic N) is 4. The normalized spacial score (nSPS) is 21.8. The molecule has 116 valence electrons. The number of hydrogen-bond acceptors (Lipinski definition) is 3. The minimum atomic E-state index is 0.0820. The van der Waals surface area contributed by atoms with E-state index in [1.807, 2.05) is 29.2 Å². The van der Waals surface area contributed by atoms with Crippen molar-refractivity contribution in [2.24, 2.45) is 5.92 Å². The molecule has 2 aromatic rings. The third kappa shape index (κ3) is 2.75. The van der Waals surface area contributed by atoms with Gasteiger partial charge in [0.1, 0.15) is 0 Å². The lowest BCUT2D eigenvalue weighted by Crippen LogP contribution is -2.45. The molecule has 2 heterocycles. The molecule has 1 fully saturated rings. The quantitative estimate of drug-likeness (QED) is 0.875. The maximum atomic E-state index is 13.0. The molecule has 0 spiro atoms. The Bertz CT molecular complexity index is 638. The summed E-state index contributed by atoms with van der Waals surface area (Å²) in [6.45, 7) is 5.18. The summed E-state index contributed by atoms with van der Waals surface area (Å²) in [6, 6.07) is 7.84. The smallest absolute Gasteiger partial charge is 0.256 e. The highest BCUT2D eigenvalue weighted by atomic mass is 16.2. The molecular formula is C17H22N4O. The minimum absolute atomic E-state index is 0.0820. The first-order chi connectivity index (χ1) is 10.7. The Balaban J connectivity index is 1.92. The molecule has 0 saturated carbocycles. The van der Waals surface area contributed by atoms with Gasteiger partial charge in [0.05, 0.1) is 23.6 Å². The van der Waals surface area contributed by atoms with Crippen LogP contribution in [0.2, 0.25) is 0 Å². The Labute approximate surface area is 130 Å². The molecule has 2 atom stereocenters. The Hall–Kier alpha value is -2.17. The van der Waals surface area contributed by atoms with Gasteiger partial charge in [-0.05, 0) is 37.8 Å². The summed E-state index contributed by atoms with van der Waals surface area (Å²) < 4.78 is 0. The first kappa shape index (κ1) is 14.8. The van der Waals surface area contributed by atoms with Crippen molar-refractivity contribution < 1.29 is 4.79 Å². The third-order valence-electron chi connectivity index (χ3n) is 4.59. The van der Waals surface area contributed by atoms with Crippen molar-refractivity contribution >= 4 is 5.91 Å². The molecule has 0 radical (unpaired) electrons. The lowest BCUT2D eigenvalue weighted by molar-refractivity contribution is 0.0556. The van der Waals surface area contributed by atoms with Gasteiger partial charge < -0.3 is 4.90 Å². The SMILES string of the molecule is CC[C@@H]1CC[C@@H](C)N(C(=O)c2ccccc2-n2nccn2)C1. The first-order valence-corrected chi connectivity index (χ1v) is 7.97. The maximum Gasteiger partial charge on any atom is 0.256 e. The highest BCUT2D eigenvalue weighted by molar-refractivity contribution is 5.98. The van der Waals surface area contributed by atoms with Gasteiger partial charge in [0.15, 0.2) is 0 Å². The molecule has 5 nitrogen and oxygen atoms in total. The summed E-state index contributed by atoms with van der Waals surface area (Å²) in [7, 11) is 0. The zero-order valence-corrected chi connectivity index (χ0v) is 13.1. The van der Waals surface area contributed by atoms with Gasteiger partial charge in [0.25, 0.3) is 5.91 Å². The van der Waals surface area contributed by atoms with Gasteiger partial charge in [0, 0.05) is 12.6 Å². The molecular weight excluding hydrogens is 276 g/mol. The fourth-order valence-electron chi connectivity index (χ4n) is 3.12. The van der Waals surface area contributed by atoms with Crippen LogP contribution in [0.1, 0.15) is 43.5 Å². The van der Waals surface area contributed by atoms with Crippen molar-refractivity contribution in [1.82, 2.24) is 19.9 Å². The monoisotopic (exact) mass is 298 g/mol. The average molecular weight is 298 g/mol. The van der Waals surface area contributed by atoms with E-state index in [4.69, 9.17) is 0 Å². The van der Waals surface area contributed by atoms with Crippen LogP contribution in [0.4, 0.5) is 0 Å². The first-order valence-electron chi connectivity index (χ1n) is 7.97. The average Bonchev–Trinajstić information content (AvgIpc) is 3.09. The number of rotatable bonds is 3. The Kier molecular flexibility index (Phi) is 4.22. The van der Waals surface area contributed by atoms with E-state index in [-0.39, 0.29) is 11.9 Å². The lowest BCUT2D eigenvalue weighted by atomic mass is 9.91. The molecule has 1 aliphatic heterocycles. The number of hydrogen-bond donors (Lipinski definition) is 0. The van der Waals surface area contributed by atoms with Crippen molar-refractivity contribution in [1.29, 1.82) is 0 Å². The van der Waals surface area contributed by atoms with E-state index in [0.717, 1.165) is 25.1 Å². The molecule has 0 aliphatic carbocycles. The zero-order chi connectivity index (χ0) is 15.5. The van der Waals surface area contributed by atoms with Crippen LogP contribution in [-0.2, 0) is 0 Å². The number of likely N-dealkylation sites (tertiary alicyclic amines) is 1. The number of benzene rings is 1.